The molecule has 1 aliphatic rings. The van der Waals surface area contributed by atoms with E-state index in [0.29, 0.717) is 36.0 Å². The van der Waals surface area contributed by atoms with E-state index in [1.54, 1.807) is 23.1 Å². The first-order valence-electron chi connectivity index (χ1n) is 10.2. The van der Waals surface area contributed by atoms with E-state index in [9.17, 15) is 14.4 Å². The molecule has 1 aromatic heterocycles. The number of amides is 3. The van der Waals surface area contributed by atoms with Gasteiger partial charge in [-0.3, -0.25) is 14.4 Å². The highest BCUT2D eigenvalue weighted by molar-refractivity contribution is 6.39. The Morgan fingerprint density at radius 1 is 0.906 bits per heavy atom. The Balaban J connectivity index is 1.36. The molecule has 3 aromatic rings. The van der Waals surface area contributed by atoms with Crippen molar-refractivity contribution in [3.05, 3.63) is 54.2 Å². The fourth-order valence-corrected chi connectivity index (χ4v) is 3.69. The number of methoxy groups -OCH3 is 2. The number of carbonyl (C=O) groups is 3. The third-order valence-corrected chi connectivity index (χ3v) is 5.47. The summed E-state index contributed by atoms with van der Waals surface area (Å²) in [4.78, 5) is 44.2. The van der Waals surface area contributed by atoms with E-state index in [4.69, 9.17) is 9.47 Å². The Morgan fingerprint density at radius 3 is 2.31 bits per heavy atom. The zero-order valence-corrected chi connectivity index (χ0v) is 17.9. The number of carbonyl (C=O) groups excluding carboxylic acids is 3. The standard InChI is InChI=1S/C23H24N4O5/c1-31-16-7-8-18(20(14-16)32-2)25-21(28)23(30)27-11-9-26(10-12-27)22(29)19-13-15-5-3-4-6-17(15)24-19/h3-8,13-14,24H,9-12H2,1-2H3,(H,25,28). The average molecular weight is 436 g/mol. The van der Waals surface area contributed by atoms with Gasteiger partial charge in [-0.05, 0) is 24.3 Å². The smallest absolute Gasteiger partial charge is 0.314 e. The first-order valence-corrected chi connectivity index (χ1v) is 10.2. The van der Waals surface area contributed by atoms with E-state index >= 15 is 0 Å². The summed E-state index contributed by atoms with van der Waals surface area (Å²) in [5.41, 5.74) is 1.78. The first kappa shape index (κ1) is 21.2. The number of rotatable bonds is 4. The maximum absolute atomic E-state index is 12.8. The number of aromatic nitrogens is 1. The summed E-state index contributed by atoms with van der Waals surface area (Å²) in [6, 6.07) is 14.4. The Bertz CT molecular complexity index is 1130. The summed E-state index contributed by atoms with van der Waals surface area (Å²) in [5, 5.41) is 3.56. The zero-order chi connectivity index (χ0) is 22.7. The van der Waals surface area contributed by atoms with Gasteiger partial charge in [0.05, 0.1) is 19.9 Å². The van der Waals surface area contributed by atoms with Crippen LogP contribution in [0.15, 0.2) is 48.5 Å². The van der Waals surface area contributed by atoms with E-state index in [0.717, 1.165) is 10.9 Å². The summed E-state index contributed by atoms with van der Waals surface area (Å²) >= 11 is 0. The van der Waals surface area contributed by atoms with Gasteiger partial charge >= 0.3 is 11.8 Å². The predicted molar refractivity (Wildman–Crippen MR) is 119 cm³/mol. The molecule has 2 heterocycles. The topological polar surface area (TPSA) is 104 Å². The van der Waals surface area contributed by atoms with E-state index in [-0.39, 0.29) is 19.0 Å². The maximum atomic E-state index is 12.8. The molecule has 0 unspecified atom stereocenters. The van der Waals surface area contributed by atoms with Crippen LogP contribution in [0.3, 0.4) is 0 Å². The lowest BCUT2D eigenvalue weighted by atomic mass is 10.2. The van der Waals surface area contributed by atoms with Gasteiger partial charge in [0.2, 0.25) is 0 Å². The van der Waals surface area contributed by atoms with Gasteiger partial charge < -0.3 is 29.6 Å². The highest BCUT2D eigenvalue weighted by Crippen LogP contribution is 2.29. The molecule has 0 bridgehead atoms. The number of ether oxygens (including phenoxy) is 2. The van der Waals surface area contributed by atoms with Crippen LogP contribution >= 0.6 is 0 Å². The average Bonchev–Trinajstić information content (AvgIpc) is 3.27. The number of hydrogen-bond donors (Lipinski definition) is 2. The van der Waals surface area contributed by atoms with Crippen molar-refractivity contribution in [3.63, 3.8) is 0 Å². The molecule has 9 nitrogen and oxygen atoms in total. The molecule has 0 aliphatic carbocycles. The third kappa shape index (κ3) is 4.22. The van der Waals surface area contributed by atoms with E-state index in [1.165, 1.54) is 19.1 Å². The number of piperazine rings is 1. The minimum Gasteiger partial charge on any atom is -0.497 e. The van der Waals surface area contributed by atoms with Crippen molar-refractivity contribution in [1.82, 2.24) is 14.8 Å². The van der Waals surface area contributed by atoms with Crippen LogP contribution in [0.4, 0.5) is 5.69 Å². The van der Waals surface area contributed by atoms with Crippen molar-refractivity contribution in [3.8, 4) is 11.5 Å². The monoisotopic (exact) mass is 436 g/mol. The molecule has 1 saturated heterocycles. The third-order valence-electron chi connectivity index (χ3n) is 5.47. The van der Waals surface area contributed by atoms with Crippen molar-refractivity contribution < 1.29 is 23.9 Å². The van der Waals surface area contributed by atoms with E-state index < -0.39 is 11.8 Å². The van der Waals surface area contributed by atoms with Gasteiger partial charge in [0.15, 0.2) is 0 Å². The molecule has 9 heteroatoms. The normalized spacial score (nSPS) is 13.7. The van der Waals surface area contributed by atoms with Gasteiger partial charge in [-0.1, -0.05) is 18.2 Å². The van der Waals surface area contributed by atoms with Crippen molar-refractivity contribution in [2.24, 2.45) is 0 Å². The van der Waals surface area contributed by atoms with Crippen LogP contribution in [0.1, 0.15) is 10.5 Å². The van der Waals surface area contributed by atoms with E-state index in [2.05, 4.69) is 10.3 Å². The number of nitrogens with one attached hydrogen (secondary N) is 2. The summed E-state index contributed by atoms with van der Waals surface area (Å²) in [6.45, 7) is 1.24. The molecule has 2 aromatic carbocycles. The number of hydrogen-bond acceptors (Lipinski definition) is 5. The molecule has 32 heavy (non-hydrogen) atoms. The molecule has 4 rings (SSSR count). The Kier molecular flexibility index (Phi) is 5.98. The van der Waals surface area contributed by atoms with Gasteiger partial charge in [-0.15, -0.1) is 0 Å². The lowest BCUT2D eigenvalue weighted by molar-refractivity contribution is -0.144. The molecule has 3 amide bonds. The van der Waals surface area contributed by atoms with Gasteiger partial charge in [0, 0.05) is 43.1 Å². The lowest BCUT2D eigenvalue weighted by Gasteiger charge is -2.34. The molecular formula is C23H24N4O5. The predicted octanol–water partition coefficient (Wildman–Crippen LogP) is 2.11. The maximum Gasteiger partial charge on any atom is 0.314 e. The van der Waals surface area contributed by atoms with Crippen molar-refractivity contribution in [2.75, 3.05) is 45.7 Å². The molecular weight excluding hydrogens is 412 g/mol. The van der Waals surface area contributed by atoms with Crippen LogP contribution in [0.2, 0.25) is 0 Å². The summed E-state index contributed by atoms with van der Waals surface area (Å²) in [7, 11) is 2.99. The number of nitrogens with zero attached hydrogens (tertiary/aromatic N) is 2. The van der Waals surface area contributed by atoms with Crippen LogP contribution in [-0.2, 0) is 9.59 Å². The molecule has 0 spiro atoms. The minimum atomic E-state index is -0.760. The Morgan fingerprint density at radius 2 is 1.62 bits per heavy atom. The van der Waals surface area contributed by atoms with Crippen LogP contribution in [0, 0.1) is 0 Å². The van der Waals surface area contributed by atoms with Crippen molar-refractivity contribution in [2.45, 2.75) is 0 Å². The second kappa shape index (κ2) is 9.01. The number of fused-ring (bicyclic) bond motifs is 1. The number of anilines is 1. The fourth-order valence-electron chi connectivity index (χ4n) is 3.69. The van der Waals surface area contributed by atoms with Gasteiger partial charge in [0.1, 0.15) is 17.2 Å². The minimum absolute atomic E-state index is 0.124. The molecule has 0 saturated carbocycles. The highest BCUT2D eigenvalue weighted by atomic mass is 16.5. The lowest BCUT2D eigenvalue weighted by Crippen LogP contribution is -2.53. The molecule has 2 N–H and O–H groups in total. The highest BCUT2D eigenvalue weighted by Gasteiger charge is 2.29. The fraction of sp³-hybridized carbons (Fsp3) is 0.261. The Labute approximate surface area is 184 Å². The molecule has 0 atom stereocenters. The summed E-state index contributed by atoms with van der Waals surface area (Å²) in [5.74, 6) is -0.577. The SMILES string of the molecule is COc1ccc(NC(=O)C(=O)N2CCN(C(=O)c3cc4ccccc4[nH]3)CC2)c(OC)c1. The number of para-hydroxylation sites is 1. The van der Waals surface area contributed by atoms with Crippen LogP contribution in [-0.4, -0.2) is 72.9 Å². The van der Waals surface area contributed by atoms with Crippen LogP contribution < -0.4 is 14.8 Å². The van der Waals surface area contributed by atoms with Crippen molar-refractivity contribution >= 4 is 34.3 Å². The largest absolute Gasteiger partial charge is 0.497 e. The van der Waals surface area contributed by atoms with Gasteiger partial charge in [0.25, 0.3) is 5.91 Å². The molecule has 1 fully saturated rings. The summed E-state index contributed by atoms with van der Waals surface area (Å²) in [6.07, 6.45) is 0. The number of aromatic amines is 1. The van der Waals surface area contributed by atoms with Gasteiger partial charge in [-0.25, -0.2) is 0 Å². The molecule has 0 radical (unpaired) electrons. The second-order valence-electron chi connectivity index (χ2n) is 7.38. The molecule has 1 aliphatic heterocycles. The van der Waals surface area contributed by atoms with Crippen LogP contribution in [0.5, 0.6) is 11.5 Å². The first-order chi connectivity index (χ1) is 15.5. The second-order valence-corrected chi connectivity index (χ2v) is 7.38. The quantitative estimate of drug-likeness (QED) is 0.610. The van der Waals surface area contributed by atoms with Crippen molar-refractivity contribution in [1.29, 1.82) is 0 Å². The molecule has 166 valence electrons. The summed E-state index contributed by atoms with van der Waals surface area (Å²) < 4.78 is 10.4. The number of H-pyrrole nitrogens is 1. The number of benzene rings is 2. The zero-order valence-electron chi connectivity index (χ0n) is 17.9. The Hall–Kier alpha value is -4.01. The van der Waals surface area contributed by atoms with Crippen LogP contribution in [0.25, 0.3) is 10.9 Å². The van der Waals surface area contributed by atoms with Gasteiger partial charge in [-0.2, -0.15) is 0 Å². The van der Waals surface area contributed by atoms with E-state index in [1.807, 2.05) is 30.3 Å².